The lowest BCUT2D eigenvalue weighted by Crippen LogP contribution is -2.77. The van der Waals surface area contributed by atoms with E-state index in [0.29, 0.717) is 30.6 Å². The molecule has 1 aromatic rings. The Kier molecular flexibility index (Phi) is 4.59. The second kappa shape index (κ2) is 6.74. The van der Waals surface area contributed by atoms with Crippen LogP contribution in [-0.2, 0) is 41.6 Å². The van der Waals surface area contributed by atoms with Crippen molar-refractivity contribution in [1.82, 2.24) is 4.90 Å². The molecule has 0 radical (unpaired) electrons. The van der Waals surface area contributed by atoms with Crippen LogP contribution in [0.2, 0.25) is 0 Å². The Labute approximate surface area is 184 Å². The van der Waals surface area contributed by atoms with Crippen LogP contribution < -0.4 is 8.92 Å². The minimum absolute atomic E-state index is 0.0199. The fourth-order valence-electron chi connectivity index (χ4n) is 6.29. The number of ether oxygens (including phenoxy) is 1. The van der Waals surface area contributed by atoms with Gasteiger partial charge in [-0.25, -0.2) is 4.18 Å². The molecule has 1 saturated heterocycles. The Hall–Kier alpha value is -2.03. The van der Waals surface area contributed by atoms with E-state index >= 15 is 0 Å². The first kappa shape index (κ1) is 21.8. The number of ketones is 1. The molecule has 5 rings (SSSR count). The Balaban J connectivity index is 1.81. The molecule has 1 saturated carbocycles. The van der Waals surface area contributed by atoms with Crippen molar-refractivity contribution in [2.75, 3.05) is 13.1 Å². The number of hydrogen-bond acceptors (Lipinski definition) is 9. The van der Waals surface area contributed by atoms with Gasteiger partial charge in [-0.2, -0.15) is 16.8 Å². The Morgan fingerprint density at radius 3 is 2.62 bits per heavy atom. The minimum Gasteiger partial charge on any atom is -0.477 e. The molecular formula is C19H21NO10S2. The van der Waals surface area contributed by atoms with Crippen molar-refractivity contribution in [3.8, 4) is 11.5 Å². The molecule has 2 aliphatic heterocycles. The van der Waals surface area contributed by atoms with Gasteiger partial charge in [-0.1, -0.05) is 12.1 Å². The van der Waals surface area contributed by atoms with Crippen molar-refractivity contribution >= 4 is 26.6 Å². The summed E-state index contributed by atoms with van der Waals surface area (Å²) in [5.41, 5.74) is -1.68. The molecule has 0 unspecified atom stereocenters. The first-order valence-electron chi connectivity index (χ1n) is 9.97. The highest BCUT2D eigenvalue weighted by molar-refractivity contribution is 7.81. The van der Waals surface area contributed by atoms with Gasteiger partial charge in [-0.15, -0.1) is 6.58 Å². The average molecular weight is 488 g/mol. The molecule has 11 nitrogen and oxygen atoms in total. The first-order chi connectivity index (χ1) is 14.9. The summed E-state index contributed by atoms with van der Waals surface area (Å²) in [5, 5.41) is 0. The molecule has 2 heterocycles. The van der Waals surface area contributed by atoms with E-state index < -0.39 is 44.0 Å². The molecule has 1 spiro atoms. The maximum Gasteiger partial charge on any atom is 0.446 e. The molecule has 4 aliphatic rings. The number of Topliss-reactive ketones (excluding diaryl/α,β-unsaturated/α-hetero) is 1. The molecule has 2 fully saturated rings. The lowest BCUT2D eigenvalue weighted by molar-refractivity contribution is -0.176. The molecule has 1 aromatic carbocycles. The van der Waals surface area contributed by atoms with E-state index in [0.717, 1.165) is 0 Å². The van der Waals surface area contributed by atoms with Crippen molar-refractivity contribution in [3.63, 3.8) is 0 Å². The fourth-order valence-corrected chi connectivity index (χ4v) is 7.37. The number of hydrogen-bond donors (Lipinski definition) is 2. The van der Waals surface area contributed by atoms with E-state index in [9.17, 15) is 30.7 Å². The van der Waals surface area contributed by atoms with Gasteiger partial charge in [0.25, 0.3) is 0 Å². The molecule has 0 amide bonds. The van der Waals surface area contributed by atoms with Crippen LogP contribution in [0.25, 0.3) is 0 Å². The number of likely N-dealkylation sites (tertiary alicyclic amines) is 1. The third-order valence-corrected chi connectivity index (χ3v) is 8.02. The monoisotopic (exact) mass is 487 g/mol. The summed E-state index contributed by atoms with van der Waals surface area (Å²) in [5.74, 6) is -0.646. The SMILES string of the molecule is C=CCN1CC[C@]23c4c5ccc(OS(=O)(=O)O)c4O[C@H]2C(=O)CC[C@@]3(OS(=O)(=O)O)[C@H]1C5. The van der Waals surface area contributed by atoms with E-state index in [1.807, 2.05) is 4.90 Å². The zero-order valence-electron chi connectivity index (χ0n) is 16.8. The van der Waals surface area contributed by atoms with E-state index in [-0.39, 0.29) is 36.5 Å². The highest BCUT2D eigenvalue weighted by Gasteiger charge is 2.75. The van der Waals surface area contributed by atoms with Crippen molar-refractivity contribution in [2.24, 2.45) is 0 Å². The normalized spacial score (nSPS) is 33.4. The van der Waals surface area contributed by atoms with Crippen molar-refractivity contribution in [3.05, 3.63) is 35.9 Å². The second-order valence-electron chi connectivity index (χ2n) is 8.53. The number of rotatable bonds is 6. The van der Waals surface area contributed by atoms with Crippen LogP contribution in [-0.4, -0.2) is 67.5 Å². The fraction of sp³-hybridized carbons (Fsp3) is 0.526. The van der Waals surface area contributed by atoms with Gasteiger partial charge < -0.3 is 8.92 Å². The molecule has 32 heavy (non-hydrogen) atoms. The van der Waals surface area contributed by atoms with Crippen LogP contribution in [0.1, 0.15) is 30.4 Å². The Morgan fingerprint density at radius 1 is 1.22 bits per heavy atom. The van der Waals surface area contributed by atoms with Crippen LogP contribution in [0.3, 0.4) is 0 Å². The number of carbonyl (C=O) groups is 1. The van der Waals surface area contributed by atoms with Gasteiger partial charge in [-0.05, 0) is 30.9 Å². The van der Waals surface area contributed by atoms with Crippen LogP contribution >= 0.6 is 0 Å². The number of carbonyl (C=O) groups excluding carboxylic acids is 1. The topological polar surface area (TPSA) is 157 Å². The van der Waals surface area contributed by atoms with E-state index in [1.54, 1.807) is 12.1 Å². The molecule has 2 bridgehead atoms. The van der Waals surface area contributed by atoms with Crippen LogP contribution in [0.4, 0.5) is 0 Å². The van der Waals surface area contributed by atoms with Gasteiger partial charge in [0.2, 0.25) is 0 Å². The predicted octanol–water partition coefficient (Wildman–Crippen LogP) is 0.605. The van der Waals surface area contributed by atoms with E-state index in [2.05, 4.69) is 10.8 Å². The smallest absolute Gasteiger partial charge is 0.446 e. The molecule has 13 heteroatoms. The summed E-state index contributed by atoms with van der Waals surface area (Å²) in [4.78, 5) is 15.0. The number of nitrogens with zero attached hydrogens (tertiary/aromatic N) is 1. The summed E-state index contributed by atoms with van der Waals surface area (Å²) in [6.45, 7) is 4.66. The molecule has 174 valence electrons. The van der Waals surface area contributed by atoms with Gasteiger partial charge in [0.1, 0.15) is 5.60 Å². The van der Waals surface area contributed by atoms with Crippen LogP contribution in [0.15, 0.2) is 24.8 Å². The third kappa shape index (κ3) is 2.89. The summed E-state index contributed by atoms with van der Waals surface area (Å²) in [6.07, 6.45) is 1.03. The standard InChI is InChI=1S/C19H21NO10S2/c1-2-8-20-9-7-18-15-11-3-4-13(29-31(22,23)24)16(15)28-17(18)12(21)5-6-19(18,14(20)10-11)30-32(25,26)27/h2-4,14,17H,1,5-10H2,(H,22,23,24)(H,25,26,27)/t14-,17+,18+,19-/m1/s1. The predicted molar refractivity (Wildman–Crippen MR) is 108 cm³/mol. The number of benzene rings is 1. The first-order valence-corrected chi connectivity index (χ1v) is 12.7. The molecule has 2 aliphatic carbocycles. The van der Waals surface area contributed by atoms with Crippen LogP contribution in [0, 0.1) is 0 Å². The van der Waals surface area contributed by atoms with Gasteiger partial charge in [0, 0.05) is 31.1 Å². The van der Waals surface area contributed by atoms with Crippen molar-refractivity contribution in [1.29, 1.82) is 0 Å². The lowest BCUT2D eigenvalue weighted by Gasteiger charge is -2.63. The maximum absolute atomic E-state index is 13.0. The molecule has 0 aromatic heterocycles. The largest absolute Gasteiger partial charge is 0.477 e. The number of piperidine rings is 1. The zero-order valence-corrected chi connectivity index (χ0v) is 18.4. The highest BCUT2D eigenvalue weighted by atomic mass is 32.3. The minimum atomic E-state index is -4.93. The van der Waals surface area contributed by atoms with Gasteiger partial charge in [0.15, 0.2) is 23.4 Å². The van der Waals surface area contributed by atoms with E-state index in [1.165, 1.54) is 6.07 Å². The maximum atomic E-state index is 13.0. The molecule has 4 atom stereocenters. The highest BCUT2D eigenvalue weighted by Crippen LogP contribution is 2.66. The third-order valence-electron chi connectivity index (χ3n) is 7.13. The second-order valence-corrected chi connectivity index (χ2v) is 10.6. The summed E-state index contributed by atoms with van der Waals surface area (Å²) < 4.78 is 81.9. The Morgan fingerprint density at radius 2 is 1.97 bits per heavy atom. The average Bonchev–Trinajstić information content (AvgIpc) is 3.01. The zero-order chi connectivity index (χ0) is 23.1. The summed E-state index contributed by atoms with van der Waals surface area (Å²) >= 11 is 0. The van der Waals surface area contributed by atoms with E-state index in [4.69, 9.17) is 8.92 Å². The van der Waals surface area contributed by atoms with Gasteiger partial charge >= 0.3 is 20.8 Å². The van der Waals surface area contributed by atoms with Gasteiger partial charge in [-0.3, -0.25) is 18.8 Å². The van der Waals surface area contributed by atoms with Crippen molar-refractivity contribution < 1.29 is 43.8 Å². The molecule has 2 N–H and O–H groups in total. The van der Waals surface area contributed by atoms with Gasteiger partial charge in [0.05, 0.1) is 5.41 Å². The Bertz CT molecular complexity index is 1240. The van der Waals surface area contributed by atoms with Crippen LogP contribution in [0.5, 0.6) is 11.5 Å². The molecular weight excluding hydrogens is 466 g/mol. The summed E-state index contributed by atoms with van der Waals surface area (Å²) in [7, 11) is -9.82. The lowest BCUT2D eigenvalue weighted by atomic mass is 9.49. The quantitative estimate of drug-likeness (QED) is 0.428. The van der Waals surface area contributed by atoms with Crippen molar-refractivity contribution in [2.45, 2.75) is 48.8 Å². The summed E-state index contributed by atoms with van der Waals surface area (Å²) in [6, 6.07) is 2.40.